The minimum Gasteiger partial charge on any atom is -0.364 e. The molecular weight excluding hydrogens is 166 g/mol. The lowest BCUT2D eigenvalue weighted by Gasteiger charge is -2.19. The summed E-state index contributed by atoms with van der Waals surface area (Å²) in [5.74, 6) is -0.101. The van der Waals surface area contributed by atoms with E-state index in [0.717, 1.165) is 11.3 Å². The average Bonchev–Trinajstić information content (AvgIpc) is 2.41. The maximum Gasteiger partial charge on any atom is 0.261 e. The maximum atomic E-state index is 11.5. The second-order valence-electron chi connectivity index (χ2n) is 3.24. The van der Waals surface area contributed by atoms with Crippen LogP contribution in [-0.2, 0) is 15.1 Å². The molecule has 13 heavy (non-hydrogen) atoms. The van der Waals surface area contributed by atoms with E-state index in [2.05, 4.69) is 5.32 Å². The number of fused-ring (bicyclic) bond motifs is 1. The van der Waals surface area contributed by atoms with E-state index < -0.39 is 5.60 Å². The van der Waals surface area contributed by atoms with Gasteiger partial charge < -0.3 is 10.1 Å². The summed E-state index contributed by atoms with van der Waals surface area (Å²) in [6.45, 7) is 1.77. The fourth-order valence-electron chi connectivity index (χ4n) is 1.57. The molecule has 1 N–H and O–H groups in total. The largest absolute Gasteiger partial charge is 0.364 e. The van der Waals surface area contributed by atoms with Gasteiger partial charge in [0.25, 0.3) is 5.91 Å². The highest BCUT2D eigenvalue weighted by molar-refractivity contribution is 6.04. The van der Waals surface area contributed by atoms with Crippen LogP contribution in [0.4, 0.5) is 5.69 Å². The Hall–Kier alpha value is -1.35. The highest BCUT2D eigenvalue weighted by atomic mass is 16.5. The molecule has 68 valence electrons. The molecule has 1 atom stereocenters. The molecule has 0 radical (unpaired) electrons. The Labute approximate surface area is 76.7 Å². The van der Waals surface area contributed by atoms with Crippen LogP contribution < -0.4 is 5.32 Å². The Morgan fingerprint density at radius 2 is 2.08 bits per heavy atom. The van der Waals surface area contributed by atoms with Crippen molar-refractivity contribution in [1.82, 2.24) is 0 Å². The van der Waals surface area contributed by atoms with Gasteiger partial charge in [0, 0.05) is 18.4 Å². The number of methoxy groups -OCH3 is 1. The van der Waals surface area contributed by atoms with Crippen molar-refractivity contribution >= 4 is 11.6 Å². The molecule has 0 aromatic heterocycles. The van der Waals surface area contributed by atoms with Crippen molar-refractivity contribution in [2.75, 3.05) is 12.4 Å². The summed E-state index contributed by atoms with van der Waals surface area (Å²) in [7, 11) is 1.54. The molecule has 1 aromatic carbocycles. The van der Waals surface area contributed by atoms with E-state index in [1.165, 1.54) is 0 Å². The number of hydrogen-bond acceptors (Lipinski definition) is 2. The molecule has 1 aliphatic heterocycles. The van der Waals surface area contributed by atoms with Crippen LogP contribution in [0.1, 0.15) is 12.5 Å². The molecular formula is C10H11NO2. The average molecular weight is 177 g/mol. The Kier molecular flexibility index (Phi) is 1.63. The molecule has 2 rings (SSSR count). The first kappa shape index (κ1) is 8.26. The predicted molar refractivity (Wildman–Crippen MR) is 49.4 cm³/mol. The van der Waals surface area contributed by atoms with Crippen molar-refractivity contribution in [3.63, 3.8) is 0 Å². The number of rotatable bonds is 1. The lowest BCUT2D eigenvalue weighted by molar-refractivity contribution is -0.135. The van der Waals surface area contributed by atoms with Crippen molar-refractivity contribution < 1.29 is 9.53 Å². The van der Waals surface area contributed by atoms with E-state index >= 15 is 0 Å². The van der Waals surface area contributed by atoms with Crippen molar-refractivity contribution in [1.29, 1.82) is 0 Å². The van der Waals surface area contributed by atoms with Crippen LogP contribution in [0.2, 0.25) is 0 Å². The van der Waals surface area contributed by atoms with Crippen LogP contribution in [0.15, 0.2) is 24.3 Å². The Bertz CT molecular complexity index is 362. The van der Waals surface area contributed by atoms with E-state index in [1.807, 2.05) is 24.3 Å². The number of hydrogen-bond donors (Lipinski definition) is 1. The fraction of sp³-hybridized carbons (Fsp3) is 0.300. The van der Waals surface area contributed by atoms with E-state index in [0.29, 0.717) is 0 Å². The van der Waals surface area contributed by atoms with Gasteiger partial charge in [-0.1, -0.05) is 18.2 Å². The van der Waals surface area contributed by atoms with Crippen LogP contribution >= 0.6 is 0 Å². The summed E-state index contributed by atoms with van der Waals surface area (Å²) in [5, 5.41) is 2.77. The molecule has 0 saturated heterocycles. The van der Waals surface area contributed by atoms with Crippen LogP contribution in [-0.4, -0.2) is 13.0 Å². The molecule has 1 unspecified atom stereocenters. The number of carbonyl (C=O) groups is 1. The van der Waals surface area contributed by atoms with E-state index in [4.69, 9.17) is 4.74 Å². The van der Waals surface area contributed by atoms with Gasteiger partial charge in [-0.05, 0) is 13.0 Å². The summed E-state index contributed by atoms with van der Waals surface area (Å²) < 4.78 is 5.23. The molecule has 1 aliphatic rings. The highest BCUT2D eigenvalue weighted by Crippen LogP contribution is 2.37. The zero-order chi connectivity index (χ0) is 9.47. The summed E-state index contributed by atoms with van der Waals surface area (Å²) in [6.07, 6.45) is 0. The van der Waals surface area contributed by atoms with Gasteiger partial charge in [-0.2, -0.15) is 0 Å². The summed E-state index contributed by atoms with van der Waals surface area (Å²) in [5.41, 5.74) is 0.927. The lowest BCUT2D eigenvalue weighted by Crippen LogP contribution is -2.32. The number of carbonyl (C=O) groups excluding carboxylic acids is 1. The Morgan fingerprint density at radius 3 is 2.77 bits per heavy atom. The molecule has 3 nitrogen and oxygen atoms in total. The summed E-state index contributed by atoms with van der Waals surface area (Å²) in [6, 6.07) is 7.56. The third-order valence-corrected chi connectivity index (χ3v) is 2.53. The molecule has 1 aromatic rings. The number of amides is 1. The second-order valence-corrected chi connectivity index (χ2v) is 3.24. The first-order chi connectivity index (χ1) is 6.18. The van der Waals surface area contributed by atoms with Gasteiger partial charge in [0.05, 0.1) is 0 Å². The van der Waals surface area contributed by atoms with Gasteiger partial charge in [0.1, 0.15) is 0 Å². The van der Waals surface area contributed by atoms with Crippen molar-refractivity contribution in [2.45, 2.75) is 12.5 Å². The number of nitrogens with one attached hydrogen (secondary N) is 1. The predicted octanol–water partition coefficient (Wildman–Crippen LogP) is 1.50. The quantitative estimate of drug-likeness (QED) is 0.706. The monoisotopic (exact) mass is 177 g/mol. The van der Waals surface area contributed by atoms with Crippen LogP contribution in [0.5, 0.6) is 0 Å². The molecule has 0 fully saturated rings. The van der Waals surface area contributed by atoms with Crippen molar-refractivity contribution in [2.24, 2.45) is 0 Å². The maximum absolute atomic E-state index is 11.5. The normalized spacial score (nSPS) is 25.5. The van der Waals surface area contributed by atoms with Crippen LogP contribution in [0, 0.1) is 0 Å². The molecule has 0 bridgehead atoms. The molecule has 1 amide bonds. The van der Waals surface area contributed by atoms with Gasteiger partial charge in [-0.3, -0.25) is 4.79 Å². The SMILES string of the molecule is COC1(C)C(=O)Nc2ccccc21. The van der Waals surface area contributed by atoms with E-state index in [-0.39, 0.29) is 5.91 Å². The lowest BCUT2D eigenvalue weighted by atomic mass is 9.98. The molecule has 0 saturated carbocycles. The molecule has 0 spiro atoms. The van der Waals surface area contributed by atoms with Gasteiger partial charge in [-0.15, -0.1) is 0 Å². The molecule has 0 aliphatic carbocycles. The standard InChI is InChI=1S/C10H11NO2/c1-10(13-2)7-5-3-4-6-8(7)11-9(10)12/h3-6H,1-2H3,(H,11,12). The van der Waals surface area contributed by atoms with Gasteiger partial charge in [0.15, 0.2) is 5.60 Å². The number of benzene rings is 1. The highest BCUT2D eigenvalue weighted by Gasteiger charge is 2.42. The van der Waals surface area contributed by atoms with Gasteiger partial charge in [-0.25, -0.2) is 0 Å². The Morgan fingerprint density at radius 1 is 1.38 bits per heavy atom. The number of anilines is 1. The van der Waals surface area contributed by atoms with E-state index in [9.17, 15) is 4.79 Å². The minimum absolute atomic E-state index is 0.101. The van der Waals surface area contributed by atoms with Crippen molar-refractivity contribution in [3.8, 4) is 0 Å². The fourth-order valence-corrected chi connectivity index (χ4v) is 1.57. The second kappa shape index (κ2) is 2.57. The number of ether oxygens (including phenoxy) is 1. The zero-order valence-electron chi connectivity index (χ0n) is 7.63. The number of para-hydroxylation sites is 1. The van der Waals surface area contributed by atoms with Crippen molar-refractivity contribution in [3.05, 3.63) is 29.8 Å². The summed E-state index contributed by atoms with van der Waals surface area (Å²) in [4.78, 5) is 11.5. The first-order valence-electron chi connectivity index (χ1n) is 4.14. The third kappa shape index (κ3) is 0.971. The minimum atomic E-state index is -0.823. The van der Waals surface area contributed by atoms with Gasteiger partial charge in [0.2, 0.25) is 0 Å². The first-order valence-corrected chi connectivity index (χ1v) is 4.14. The van der Waals surface area contributed by atoms with E-state index in [1.54, 1.807) is 14.0 Å². The Balaban J connectivity index is 2.59. The molecule has 1 heterocycles. The van der Waals surface area contributed by atoms with Crippen LogP contribution in [0.25, 0.3) is 0 Å². The zero-order valence-corrected chi connectivity index (χ0v) is 7.63. The molecule has 3 heteroatoms. The third-order valence-electron chi connectivity index (χ3n) is 2.53. The summed E-state index contributed by atoms with van der Waals surface area (Å²) >= 11 is 0. The smallest absolute Gasteiger partial charge is 0.261 e. The van der Waals surface area contributed by atoms with Crippen LogP contribution in [0.3, 0.4) is 0 Å². The topological polar surface area (TPSA) is 38.3 Å². The van der Waals surface area contributed by atoms with Gasteiger partial charge >= 0.3 is 0 Å².